The van der Waals surface area contributed by atoms with Gasteiger partial charge in [-0.2, -0.15) is 5.26 Å². The van der Waals surface area contributed by atoms with E-state index in [0.29, 0.717) is 17.1 Å². The molecule has 1 aliphatic rings. The summed E-state index contributed by atoms with van der Waals surface area (Å²) in [4.78, 5) is 12.3. The number of carbonyl (C=O) groups is 1. The second kappa shape index (κ2) is 6.11. The first kappa shape index (κ1) is 15.1. The lowest BCUT2D eigenvalue weighted by Gasteiger charge is -2.03. The van der Waals surface area contributed by atoms with Crippen molar-refractivity contribution in [2.45, 2.75) is 0 Å². The molecule has 0 atom stereocenters. The van der Waals surface area contributed by atoms with Crippen molar-refractivity contribution in [3.05, 3.63) is 64.1 Å². The van der Waals surface area contributed by atoms with Gasteiger partial charge in [-0.3, -0.25) is 4.79 Å². The molecule has 0 fully saturated rings. The molecule has 6 heteroatoms. The number of hydrogen-bond donors (Lipinski definition) is 0. The molecular weight excluding hydrogens is 321 g/mol. The first-order valence-corrected chi connectivity index (χ1v) is 7.00. The van der Waals surface area contributed by atoms with Gasteiger partial charge in [0.25, 0.3) is 0 Å². The number of nitriles is 1. The molecule has 0 N–H and O–H groups in total. The number of benzene rings is 2. The summed E-state index contributed by atoms with van der Waals surface area (Å²) >= 11 is 5.95. The molecule has 3 rings (SSSR count). The number of carbonyl (C=O) groups excluding carboxylic acids is 1. The molecule has 4 nitrogen and oxygen atoms in total. The normalized spacial score (nSPS) is 14.3. The Balaban J connectivity index is 1.94. The molecule has 0 aliphatic carbocycles. The molecule has 0 saturated carbocycles. The summed E-state index contributed by atoms with van der Waals surface area (Å²) in [6.07, 6.45) is 1.27. The third kappa shape index (κ3) is 2.89. The Morgan fingerprint density at radius 1 is 1.35 bits per heavy atom. The number of halogens is 2. The predicted octanol–water partition coefficient (Wildman–Crippen LogP) is 4.00. The van der Waals surface area contributed by atoms with Gasteiger partial charge >= 0.3 is 0 Å². The van der Waals surface area contributed by atoms with Crippen LogP contribution in [0.2, 0.25) is 5.02 Å². The van der Waals surface area contributed by atoms with Crippen molar-refractivity contribution in [2.24, 2.45) is 0 Å². The molecule has 0 unspecified atom stereocenters. The van der Waals surface area contributed by atoms with Crippen LogP contribution in [0.5, 0.6) is 11.5 Å². The van der Waals surface area contributed by atoms with Crippen LogP contribution in [0.25, 0.3) is 6.08 Å². The van der Waals surface area contributed by atoms with Crippen LogP contribution in [0, 0.1) is 17.1 Å². The van der Waals surface area contributed by atoms with Crippen LogP contribution < -0.4 is 9.47 Å². The van der Waals surface area contributed by atoms with Crippen molar-refractivity contribution >= 4 is 23.5 Å². The zero-order valence-electron chi connectivity index (χ0n) is 11.7. The summed E-state index contributed by atoms with van der Waals surface area (Å²) in [5.41, 5.74) is 0.430. The van der Waals surface area contributed by atoms with E-state index in [0.717, 1.165) is 0 Å². The standard InChI is InChI=1S/C17H9ClFNO3/c18-13-2-1-3-14(19)12(13)9-16-17(21)11-5-4-10(22-7-6-20)8-15(11)23-16/h1-5,8-9H,7H2/b16-9-. The number of rotatable bonds is 3. The number of hydrogen-bond acceptors (Lipinski definition) is 4. The van der Waals surface area contributed by atoms with Crippen molar-refractivity contribution < 1.29 is 18.7 Å². The maximum Gasteiger partial charge on any atom is 0.231 e. The van der Waals surface area contributed by atoms with E-state index >= 15 is 0 Å². The summed E-state index contributed by atoms with van der Waals surface area (Å²) in [5, 5.41) is 8.69. The largest absolute Gasteiger partial charge is 0.479 e. The van der Waals surface area contributed by atoms with E-state index in [1.165, 1.54) is 36.4 Å². The average Bonchev–Trinajstić information content (AvgIpc) is 2.85. The predicted molar refractivity (Wildman–Crippen MR) is 81.9 cm³/mol. The second-order valence-corrected chi connectivity index (χ2v) is 5.09. The fraction of sp³-hybridized carbons (Fsp3) is 0.0588. The molecule has 0 saturated heterocycles. The first-order valence-electron chi connectivity index (χ1n) is 6.62. The molecule has 0 bridgehead atoms. The molecule has 0 aromatic heterocycles. The van der Waals surface area contributed by atoms with Crippen LogP contribution in [0.4, 0.5) is 4.39 Å². The quantitative estimate of drug-likeness (QED) is 0.799. The van der Waals surface area contributed by atoms with Crippen LogP contribution in [-0.2, 0) is 0 Å². The third-order valence-electron chi connectivity index (χ3n) is 3.22. The number of fused-ring (bicyclic) bond motifs is 1. The number of allylic oxidation sites excluding steroid dienone is 1. The lowest BCUT2D eigenvalue weighted by molar-refractivity contribution is 0.101. The lowest BCUT2D eigenvalue weighted by atomic mass is 10.1. The molecular formula is C17H9ClFNO3. The summed E-state index contributed by atoms with van der Waals surface area (Å²) in [6.45, 7) is -0.111. The summed E-state index contributed by atoms with van der Waals surface area (Å²) in [6, 6.07) is 10.7. The van der Waals surface area contributed by atoms with Gasteiger partial charge in [0, 0.05) is 11.6 Å². The van der Waals surface area contributed by atoms with Gasteiger partial charge in [0.1, 0.15) is 23.4 Å². The van der Waals surface area contributed by atoms with Crippen LogP contribution in [0.3, 0.4) is 0 Å². The Labute approximate surface area is 136 Å². The Morgan fingerprint density at radius 3 is 2.91 bits per heavy atom. The number of ketones is 1. The lowest BCUT2D eigenvalue weighted by Crippen LogP contribution is -1.99. The van der Waals surface area contributed by atoms with Crippen LogP contribution in [0.1, 0.15) is 15.9 Å². The highest BCUT2D eigenvalue weighted by molar-refractivity contribution is 6.32. The first-order chi connectivity index (χ1) is 11.1. The van der Waals surface area contributed by atoms with Crippen molar-refractivity contribution in [1.29, 1.82) is 5.26 Å². The van der Waals surface area contributed by atoms with E-state index < -0.39 is 5.82 Å². The van der Waals surface area contributed by atoms with Gasteiger partial charge in [-0.1, -0.05) is 17.7 Å². The SMILES string of the molecule is N#CCOc1ccc2c(c1)O/C(=C\c1c(F)cccc1Cl)C2=O. The third-order valence-corrected chi connectivity index (χ3v) is 3.55. The molecule has 114 valence electrons. The number of ether oxygens (including phenoxy) is 2. The smallest absolute Gasteiger partial charge is 0.231 e. The van der Waals surface area contributed by atoms with Gasteiger partial charge in [0.2, 0.25) is 5.78 Å². The number of nitrogens with zero attached hydrogens (tertiary/aromatic N) is 1. The molecule has 2 aromatic carbocycles. The highest BCUT2D eigenvalue weighted by atomic mass is 35.5. The maximum absolute atomic E-state index is 13.8. The molecule has 0 radical (unpaired) electrons. The molecule has 0 amide bonds. The zero-order chi connectivity index (χ0) is 16.4. The average molecular weight is 330 g/mol. The Morgan fingerprint density at radius 2 is 2.17 bits per heavy atom. The number of Topliss-reactive ketones (excluding diaryl/α,β-unsaturated/α-hetero) is 1. The van der Waals surface area contributed by atoms with Gasteiger partial charge in [-0.25, -0.2) is 4.39 Å². The highest BCUT2D eigenvalue weighted by Crippen LogP contribution is 2.35. The molecule has 2 aromatic rings. The van der Waals surface area contributed by atoms with Crippen molar-refractivity contribution in [3.63, 3.8) is 0 Å². The van der Waals surface area contributed by atoms with Crippen molar-refractivity contribution in [2.75, 3.05) is 6.61 Å². The van der Waals surface area contributed by atoms with Gasteiger partial charge in [-0.15, -0.1) is 0 Å². The fourth-order valence-corrected chi connectivity index (χ4v) is 2.37. The van der Waals surface area contributed by atoms with E-state index in [1.54, 1.807) is 6.07 Å². The molecule has 1 heterocycles. The fourth-order valence-electron chi connectivity index (χ4n) is 2.15. The molecule has 0 spiro atoms. The summed E-state index contributed by atoms with van der Waals surface area (Å²) in [5.74, 6) is -0.238. The Kier molecular flexibility index (Phi) is 4.00. The van der Waals surface area contributed by atoms with E-state index in [9.17, 15) is 9.18 Å². The minimum Gasteiger partial charge on any atom is -0.479 e. The minimum absolute atomic E-state index is 0.0237. The van der Waals surface area contributed by atoms with Crippen LogP contribution in [-0.4, -0.2) is 12.4 Å². The summed E-state index contributed by atoms with van der Waals surface area (Å²) in [7, 11) is 0. The van der Waals surface area contributed by atoms with E-state index in [1.807, 2.05) is 6.07 Å². The van der Waals surface area contributed by atoms with Crippen LogP contribution in [0.15, 0.2) is 42.2 Å². The zero-order valence-corrected chi connectivity index (χ0v) is 12.4. The summed E-state index contributed by atoms with van der Waals surface area (Å²) < 4.78 is 24.4. The Bertz CT molecular complexity index is 850. The topological polar surface area (TPSA) is 59.3 Å². The second-order valence-electron chi connectivity index (χ2n) is 4.68. The monoisotopic (exact) mass is 329 g/mol. The van der Waals surface area contributed by atoms with E-state index in [-0.39, 0.29) is 28.7 Å². The van der Waals surface area contributed by atoms with Gasteiger partial charge < -0.3 is 9.47 Å². The van der Waals surface area contributed by atoms with E-state index in [2.05, 4.69) is 0 Å². The van der Waals surface area contributed by atoms with Crippen molar-refractivity contribution in [1.82, 2.24) is 0 Å². The van der Waals surface area contributed by atoms with Crippen molar-refractivity contribution in [3.8, 4) is 17.6 Å². The van der Waals surface area contributed by atoms with Crippen LogP contribution >= 0.6 is 11.6 Å². The van der Waals surface area contributed by atoms with Gasteiger partial charge in [0.05, 0.1) is 10.6 Å². The molecule has 23 heavy (non-hydrogen) atoms. The minimum atomic E-state index is -0.546. The van der Waals surface area contributed by atoms with E-state index in [4.69, 9.17) is 26.3 Å². The Hall–Kier alpha value is -2.84. The van der Waals surface area contributed by atoms with Gasteiger partial charge in [-0.05, 0) is 30.3 Å². The molecule has 1 aliphatic heterocycles. The van der Waals surface area contributed by atoms with Gasteiger partial charge in [0.15, 0.2) is 12.4 Å². The maximum atomic E-state index is 13.8. The highest BCUT2D eigenvalue weighted by Gasteiger charge is 2.28.